The summed E-state index contributed by atoms with van der Waals surface area (Å²) in [4.78, 5) is 0. The van der Waals surface area contributed by atoms with Gasteiger partial charge in [0.2, 0.25) is 0 Å². The first kappa shape index (κ1) is 20.0. The number of nitrogens with zero attached hydrogens (tertiary/aromatic N) is 1. The Balaban J connectivity index is 1.47. The Hall–Kier alpha value is -2.35. The summed E-state index contributed by atoms with van der Waals surface area (Å²) >= 11 is 0. The lowest BCUT2D eigenvalue weighted by Gasteiger charge is -2.09. The number of unbranched alkanes of at least 4 members (excludes halogenated alkanes) is 1. The maximum absolute atomic E-state index is 8.82. The minimum atomic E-state index is 0.472. The Labute approximate surface area is 156 Å². The summed E-state index contributed by atoms with van der Waals surface area (Å²) < 4.78 is 11.2. The first-order valence-electron chi connectivity index (χ1n) is 9.20. The summed E-state index contributed by atoms with van der Waals surface area (Å²) in [5, 5.41) is 12.3. The average Bonchev–Trinajstić information content (AvgIpc) is 2.64. The van der Waals surface area contributed by atoms with E-state index in [1.165, 1.54) is 11.1 Å². The molecule has 138 valence electrons. The van der Waals surface area contributed by atoms with E-state index in [9.17, 15) is 0 Å². The topological polar surface area (TPSA) is 54.3 Å². The molecule has 0 unspecified atom stereocenters. The van der Waals surface area contributed by atoms with Gasteiger partial charge in [-0.25, -0.2) is 0 Å². The Morgan fingerprint density at radius 3 is 2.58 bits per heavy atom. The lowest BCUT2D eigenvalue weighted by Crippen LogP contribution is -2.16. The molecule has 0 fully saturated rings. The van der Waals surface area contributed by atoms with Gasteiger partial charge < -0.3 is 14.8 Å². The molecule has 0 aliphatic heterocycles. The predicted octanol–water partition coefficient (Wildman–Crippen LogP) is 4.03. The van der Waals surface area contributed by atoms with Crippen LogP contribution < -0.4 is 10.1 Å². The largest absolute Gasteiger partial charge is 0.491 e. The van der Waals surface area contributed by atoms with E-state index in [0.29, 0.717) is 19.6 Å². The molecule has 0 spiro atoms. The van der Waals surface area contributed by atoms with E-state index in [1.807, 2.05) is 30.3 Å². The fraction of sp³-hybridized carbons (Fsp3) is 0.409. The van der Waals surface area contributed by atoms with Crippen LogP contribution in [-0.2, 0) is 17.7 Å². The van der Waals surface area contributed by atoms with Crippen molar-refractivity contribution in [1.29, 1.82) is 5.26 Å². The highest BCUT2D eigenvalue weighted by Gasteiger charge is 1.99. The summed E-state index contributed by atoms with van der Waals surface area (Å²) in [6.45, 7) is 5.84. The molecule has 26 heavy (non-hydrogen) atoms. The third-order valence-electron chi connectivity index (χ3n) is 3.94. The van der Waals surface area contributed by atoms with Gasteiger partial charge >= 0.3 is 0 Å². The van der Waals surface area contributed by atoms with Crippen molar-refractivity contribution in [3.8, 4) is 11.8 Å². The Morgan fingerprint density at radius 2 is 1.77 bits per heavy atom. The number of nitrogens with one attached hydrogen (secondary N) is 1. The lowest BCUT2D eigenvalue weighted by molar-refractivity contribution is 0.0974. The molecule has 0 saturated heterocycles. The lowest BCUT2D eigenvalue weighted by atomic mass is 10.0. The normalized spacial score (nSPS) is 10.5. The third kappa shape index (κ3) is 8.15. The van der Waals surface area contributed by atoms with Crippen molar-refractivity contribution in [2.24, 2.45) is 0 Å². The van der Waals surface area contributed by atoms with Gasteiger partial charge in [-0.3, -0.25) is 0 Å². The van der Waals surface area contributed by atoms with Crippen LogP contribution in [0.25, 0.3) is 0 Å². The number of nitriles is 1. The van der Waals surface area contributed by atoms with Gasteiger partial charge in [-0.15, -0.1) is 0 Å². The van der Waals surface area contributed by atoms with Crippen molar-refractivity contribution >= 4 is 0 Å². The van der Waals surface area contributed by atoms with Crippen LogP contribution in [0.1, 0.15) is 29.5 Å². The first-order valence-corrected chi connectivity index (χ1v) is 9.20. The fourth-order valence-corrected chi connectivity index (χ4v) is 2.77. The van der Waals surface area contributed by atoms with Crippen LogP contribution in [0.15, 0.2) is 48.5 Å². The quantitative estimate of drug-likeness (QED) is 0.586. The van der Waals surface area contributed by atoms with Gasteiger partial charge in [0.25, 0.3) is 0 Å². The van der Waals surface area contributed by atoms with Gasteiger partial charge in [-0.2, -0.15) is 5.26 Å². The van der Waals surface area contributed by atoms with E-state index in [1.54, 1.807) is 0 Å². The van der Waals surface area contributed by atoms with E-state index in [0.717, 1.165) is 43.9 Å². The van der Waals surface area contributed by atoms with Crippen LogP contribution in [0, 0.1) is 18.3 Å². The van der Waals surface area contributed by atoms with Gasteiger partial charge in [0.1, 0.15) is 12.4 Å². The van der Waals surface area contributed by atoms with Crippen molar-refractivity contribution < 1.29 is 9.47 Å². The summed E-state index contributed by atoms with van der Waals surface area (Å²) in [5.41, 5.74) is 3.54. The fourth-order valence-electron chi connectivity index (χ4n) is 2.77. The number of ether oxygens (including phenoxy) is 2. The third-order valence-corrected chi connectivity index (χ3v) is 3.94. The van der Waals surface area contributed by atoms with Crippen LogP contribution in [0.4, 0.5) is 0 Å². The molecule has 2 aromatic rings. The molecule has 0 atom stereocenters. The average molecular weight is 352 g/mol. The molecular formula is C22H28N2O2. The van der Waals surface area contributed by atoms with Crippen LogP contribution in [0.3, 0.4) is 0 Å². The molecule has 1 N–H and O–H groups in total. The highest BCUT2D eigenvalue weighted by Crippen LogP contribution is 2.10. The highest BCUT2D eigenvalue weighted by molar-refractivity contribution is 5.31. The van der Waals surface area contributed by atoms with Crippen LogP contribution in [0.2, 0.25) is 0 Å². The maximum Gasteiger partial charge on any atom is 0.119 e. The first-order chi connectivity index (χ1) is 12.8. The van der Waals surface area contributed by atoms with Crippen molar-refractivity contribution in [3.05, 3.63) is 65.2 Å². The van der Waals surface area contributed by atoms with Gasteiger partial charge in [0.05, 0.1) is 19.1 Å². The second-order valence-electron chi connectivity index (χ2n) is 6.32. The number of aryl methyl sites for hydroxylation is 1. The molecule has 4 nitrogen and oxygen atoms in total. The zero-order valence-corrected chi connectivity index (χ0v) is 15.5. The number of rotatable bonds is 12. The van der Waals surface area contributed by atoms with Gasteiger partial charge in [0, 0.05) is 13.2 Å². The summed E-state index contributed by atoms with van der Waals surface area (Å²) in [5.74, 6) is 0.884. The zero-order valence-electron chi connectivity index (χ0n) is 15.5. The van der Waals surface area contributed by atoms with E-state index in [-0.39, 0.29) is 0 Å². The Bertz CT molecular complexity index is 680. The van der Waals surface area contributed by atoms with Crippen molar-refractivity contribution in [1.82, 2.24) is 5.32 Å². The number of para-hydroxylation sites is 1. The van der Waals surface area contributed by atoms with E-state index in [2.05, 4.69) is 36.5 Å². The minimum Gasteiger partial charge on any atom is -0.491 e. The maximum atomic E-state index is 8.82. The van der Waals surface area contributed by atoms with Gasteiger partial charge in [0.15, 0.2) is 0 Å². The summed E-state index contributed by atoms with van der Waals surface area (Å²) in [6.07, 6.45) is 2.59. The van der Waals surface area contributed by atoms with Crippen molar-refractivity contribution in [3.63, 3.8) is 0 Å². The van der Waals surface area contributed by atoms with Gasteiger partial charge in [-0.1, -0.05) is 42.0 Å². The van der Waals surface area contributed by atoms with Gasteiger partial charge in [-0.05, 0) is 49.6 Å². The standard InChI is InChI=1S/C22H28N2O2/c1-19-15-20(9-10-23)17-21(16-19)18-24-11-5-6-12-25-13-14-26-22-7-3-2-4-8-22/h2-4,7-8,15-17,24H,5-6,9,11-14,18H2,1H3. The van der Waals surface area contributed by atoms with Crippen LogP contribution in [-0.4, -0.2) is 26.4 Å². The van der Waals surface area contributed by atoms with Crippen LogP contribution >= 0.6 is 0 Å². The molecule has 0 amide bonds. The predicted molar refractivity (Wildman–Crippen MR) is 104 cm³/mol. The summed E-state index contributed by atoms with van der Waals surface area (Å²) in [6, 6.07) is 18.4. The second kappa shape index (κ2) is 12.1. The van der Waals surface area contributed by atoms with Crippen molar-refractivity contribution in [2.45, 2.75) is 32.7 Å². The molecule has 2 aromatic carbocycles. The Morgan fingerprint density at radius 1 is 0.962 bits per heavy atom. The zero-order chi connectivity index (χ0) is 18.5. The molecule has 0 aliphatic carbocycles. The molecule has 0 heterocycles. The van der Waals surface area contributed by atoms with E-state index >= 15 is 0 Å². The monoisotopic (exact) mass is 352 g/mol. The van der Waals surface area contributed by atoms with Crippen molar-refractivity contribution in [2.75, 3.05) is 26.4 Å². The molecule has 2 rings (SSSR count). The highest BCUT2D eigenvalue weighted by atomic mass is 16.5. The minimum absolute atomic E-state index is 0.472. The molecule has 0 radical (unpaired) electrons. The van der Waals surface area contributed by atoms with E-state index < -0.39 is 0 Å². The van der Waals surface area contributed by atoms with Crippen LogP contribution in [0.5, 0.6) is 5.75 Å². The molecule has 0 aromatic heterocycles. The molecule has 0 aliphatic rings. The second-order valence-corrected chi connectivity index (χ2v) is 6.32. The molecule has 0 saturated carbocycles. The molecule has 4 heteroatoms. The summed E-state index contributed by atoms with van der Waals surface area (Å²) in [7, 11) is 0. The number of benzene rings is 2. The van der Waals surface area contributed by atoms with E-state index in [4.69, 9.17) is 14.7 Å². The Kier molecular flexibility index (Phi) is 9.27. The molecule has 0 bridgehead atoms. The molecular weight excluding hydrogens is 324 g/mol. The SMILES string of the molecule is Cc1cc(CC#N)cc(CNCCCCOCCOc2ccccc2)c1. The number of hydrogen-bond donors (Lipinski definition) is 1. The number of hydrogen-bond acceptors (Lipinski definition) is 4. The smallest absolute Gasteiger partial charge is 0.119 e.